The molecule has 1 fully saturated rings. The first-order valence-corrected chi connectivity index (χ1v) is 8.35. The minimum Gasteiger partial charge on any atom is -0.494 e. The molecule has 1 aromatic rings. The molecular formula is C19H29NO3. The molecule has 1 heterocycles. The monoisotopic (exact) mass is 319 g/mol. The van der Waals surface area contributed by atoms with Gasteiger partial charge >= 0.3 is 5.97 Å². The molecule has 1 unspecified atom stereocenters. The topological polar surface area (TPSA) is 47.6 Å². The van der Waals surface area contributed by atoms with E-state index in [9.17, 15) is 4.79 Å². The molecule has 23 heavy (non-hydrogen) atoms. The summed E-state index contributed by atoms with van der Waals surface area (Å²) in [5.74, 6) is 0.827. The molecule has 4 nitrogen and oxygen atoms in total. The highest BCUT2D eigenvalue weighted by Crippen LogP contribution is 2.35. The van der Waals surface area contributed by atoms with E-state index in [2.05, 4.69) is 19.2 Å². The van der Waals surface area contributed by atoms with Crippen molar-refractivity contribution in [3.63, 3.8) is 0 Å². The Balaban J connectivity index is 1.95. The fourth-order valence-electron chi connectivity index (χ4n) is 3.18. The van der Waals surface area contributed by atoms with E-state index in [1.165, 1.54) is 0 Å². The van der Waals surface area contributed by atoms with Crippen molar-refractivity contribution < 1.29 is 14.3 Å². The third kappa shape index (κ3) is 4.96. The Bertz CT molecular complexity index is 519. The lowest BCUT2D eigenvalue weighted by atomic mass is 9.81. The van der Waals surface area contributed by atoms with E-state index in [1.54, 1.807) is 0 Å². The summed E-state index contributed by atoms with van der Waals surface area (Å²) in [5.41, 5.74) is -0.708. The lowest BCUT2D eigenvalue weighted by Crippen LogP contribution is -2.45. The molecule has 1 N–H and O–H groups in total. The second-order valence-corrected chi connectivity index (χ2v) is 7.82. The summed E-state index contributed by atoms with van der Waals surface area (Å²) in [6.07, 6.45) is 0.829. The van der Waals surface area contributed by atoms with Crippen LogP contribution in [0.5, 0.6) is 5.75 Å². The molecule has 128 valence electrons. The van der Waals surface area contributed by atoms with Gasteiger partial charge in [-0.05, 0) is 65.6 Å². The van der Waals surface area contributed by atoms with Gasteiger partial charge in [0, 0.05) is 5.54 Å². The largest absolute Gasteiger partial charge is 0.494 e. The molecular weight excluding hydrogens is 290 g/mol. The van der Waals surface area contributed by atoms with Gasteiger partial charge in [-0.25, -0.2) is 0 Å². The average Bonchev–Trinajstić information content (AvgIpc) is 2.73. The van der Waals surface area contributed by atoms with Gasteiger partial charge in [-0.1, -0.05) is 18.2 Å². The van der Waals surface area contributed by atoms with Gasteiger partial charge in [0.2, 0.25) is 0 Å². The van der Waals surface area contributed by atoms with Crippen LogP contribution < -0.4 is 10.1 Å². The van der Waals surface area contributed by atoms with Gasteiger partial charge < -0.3 is 14.8 Å². The van der Waals surface area contributed by atoms with Gasteiger partial charge in [0.05, 0.1) is 12.5 Å². The molecule has 2 rings (SSSR count). The van der Waals surface area contributed by atoms with E-state index in [0.29, 0.717) is 6.61 Å². The van der Waals surface area contributed by atoms with E-state index in [4.69, 9.17) is 9.47 Å². The standard InChI is InChI=1S/C19H29NO3/c1-18(2,3)23-17(21)16-14(13-20-19(16,4)5)11-12-22-15-9-7-6-8-10-15/h6-10,14,16,20H,11-13H2,1-5H3/t14?,16-/m1/s1. The van der Waals surface area contributed by atoms with Crippen molar-refractivity contribution in [3.05, 3.63) is 30.3 Å². The maximum absolute atomic E-state index is 12.6. The maximum atomic E-state index is 12.6. The van der Waals surface area contributed by atoms with Gasteiger partial charge in [0.25, 0.3) is 0 Å². The molecule has 0 aromatic heterocycles. The Morgan fingerprint density at radius 2 is 1.91 bits per heavy atom. The maximum Gasteiger partial charge on any atom is 0.311 e. The van der Waals surface area contributed by atoms with Crippen LogP contribution >= 0.6 is 0 Å². The first kappa shape index (κ1) is 17.8. The molecule has 1 saturated heterocycles. The Labute approximate surface area is 139 Å². The molecule has 0 bridgehead atoms. The first-order valence-electron chi connectivity index (χ1n) is 8.35. The fraction of sp³-hybridized carbons (Fsp3) is 0.632. The van der Waals surface area contributed by atoms with Crippen LogP contribution in [0.4, 0.5) is 0 Å². The Kier molecular flexibility index (Phi) is 5.35. The van der Waals surface area contributed by atoms with Crippen molar-refractivity contribution in [1.29, 1.82) is 0 Å². The van der Waals surface area contributed by atoms with Crippen molar-refractivity contribution in [3.8, 4) is 5.75 Å². The average molecular weight is 319 g/mol. The second kappa shape index (κ2) is 6.91. The molecule has 1 aliphatic heterocycles. The number of benzene rings is 1. The Hall–Kier alpha value is -1.55. The minimum absolute atomic E-state index is 0.114. The van der Waals surface area contributed by atoms with Gasteiger partial charge in [-0.3, -0.25) is 4.79 Å². The molecule has 0 amide bonds. The number of carbonyl (C=O) groups is 1. The predicted molar refractivity (Wildman–Crippen MR) is 91.5 cm³/mol. The highest BCUT2D eigenvalue weighted by molar-refractivity contribution is 5.75. The first-order chi connectivity index (χ1) is 10.7. The van der Waals surface area contributed by atoms with Crippen LogP contribution in [-0.2, 0) is 9.53 Å². The number of para-hydroxylation sites is 1. The van der Waals surface area contributed by atoms with Crippen LogP contribution in [0.2, 0.25) is 0 Å². The Morgan fingerprint density at radius 3 is 2.52 bits per heavy atom. The fourth-order valence-corrected chi connectivity index (χ4v) is 3.18. The van der Waals surface area contributed by atoms with E-state index < -0.39 is 5.60 Å². The van der Waals surface area contributed by atoms with Gasteiger partial charge in [0.15, 0.2) is 0 Å². The van der Waals surface area contributed by atoms with Crippen LogP contribution in [0.3, 0.4) is 0 Å². The molecule has 4 heteroatoms. The number of nitrogens with one attached hydrogen (secondary N) is 1. The zero-order chi connectivity index (χ0) is 17.1. The molecule has 1 aromatic carbocycles. The predicted octanol–water partition coefficient (Wildman–Crippen LogP) is 3.41. The van der Waals surface area contributed by atoms with E-state index in [-0.39, 0.29) is 23.3 Å². The Morgan fingerprint density at radius 1 is 1.26 bits per heavy atom. The van der Waals surface area contributed by atoms with Crippen molar-refractivity contribution in [2.24, 2.45) is 11.8 Å². The van der Waals surface area contributed by atoms with Crippen LogP contribution in [0.15, 0.2) is 30.3 Å². The van der Waals surface area contributed by atoms with Crippen LogP contribution in [-0.4, -0.2) is 30.3 Å². The summed E-state index contributed by atoms with van der Waals surface area (Å²) in [6.45, 7) is 11.3. The summed E-state index contributed by atoms with van der Waals surface area (Å²) < 4.78 is 11.4. The van der Waals surface area contributed by atoms with Crippen LogP contribution in [0.25, 0.3) is 0 Å². The third-order valence-corrected chi connectivity index (χ3v) is 4.23. The van der Waals surface area contributed by atoms with Crippen molar-refractivity contribution in [1.82, 2.24) is 5.32 Å². The third-order valence-electron chi connectivity index (χ3n) is 4.23. The second-order valence-electron chi connectivity index (χ2n) is 7.82. The van der Waals surface area contributed by atoms with E-state index >= 15 is 0 Å². The zero-order valence-corrected chi connectivity index (χ0v) is 14.9. The number of esters is 1. The zero-order valence-electron chi connectivity index (χ0n) is 14.9. The van der Waals surface area contributed by atoms with Crippen molar-refractivity contribution >= 4 is 5.97 Å². The number of carbonyl (C=O) groups excluding carboxylic acids is 1. The highest BCUT2D eigenvalue weighted by atomic mass is 16.6. The minimum atomic E-state index is -0.457. The summed E-state index contributed by atoms with van der Waals surface area (Å²) in [6, 6.07) is 9.78. The lowest BCUT2D eigenvalue weighted by molar-refractivity contribution is -0.163. The molecule has 1 aliphatic rings. The van der Waals surface area contributed by atoms with Gasteiger partial charge in [0.1, 0.15) is 11.4 Å². The van der Waals surface area contributed by atoms with Crippen LogP contribution in [0.1, 0.15) is 41.0 Å². The summed E-state index contributed by atoms with van der Waals surface area (Å²) in [5, 5.41) is 3.45. The molecule has 2 atom stereocenters. The summed E-state index contributed by atoms with van der Waals surface area (Å²) in [4.78, 5) is 12.6. The van der Waals surface area contributed by atoms with Crippen molar-refractivity contribution in [2.45, 2.75) is 52.2 Å². The SMILES string of the molecule is CC(C)(C)OC(=O)[C@H]1C(CCOc2ccccc2)CNC1(C)C. The van der Waals surface area contributed by atoms with Gasteiger partial charge in [-0.15, -0.1) is 0 Å². The summed E-state index contributed by atoms with van der Waals surface area (Å²) in [7, 11) is 0. The molecule has 0 radical (unpaired) electrons. The van der Waals surface area contributed by atoms with E-state index in [0.717, 1.165) is 18.7 Å². The highest BCUT2D eigenvalue weighted by Gasteiger charge is 2.47. The number of rotatable bonds is 5. The quantitative estimate of drug-likeness (QED) is 0.845. The number of hydrogen-bond donors (Lipinski definition) is 1. The van der Waals surface area contributed by atoms with E-state index in [1.807, 2.05) is 51.1 Å². The number of ether oxygens (including phenoxy) is 2. The number of hydrogen-bond acceptors (Lipinski definition) is 4. The lowest BCUT2D eigenvalue weighted by Gasteiger charge is -2.31. The normalized spacial score (nSPS) is 23.5. The van der Waals surface area contributed by atoms with Gasteiger partial charge in [-0.2, -0.15) is 0 Å². The van der Waals surface area contributed by atoms with Crippen molar-refractivity contribution in [2.75, 3.05) is 13.2 Å². The molecule has 0 aliphatic carbocycles. The van der Waals surface area contributed by atoms with Crippen LogP contribution in [0, 0.1) is 11.8 Å². The molecule has 0 spiro atoms. The summed E-state index contributed by atoms with van der Waals surface area (Å²) >= 11 is 0. The smallest absolute Gasteiger partial charge is 0.311 e. The molecule has 0 saturated carbocycles.